The van der Waals surface area contributed by atoms with Crippen LogP contribution < -0.4 is 11.1 Å². The fourth-order valence-corrected chi connectivity index (χ4v) is 4.47. The minimum absolute atomic E-state index is 0.0199. The number of amides is 1. The highest BCUT2D eigenvalue weighted by Crippen LogP contribution is 2.36. The molecule has 0 saturated carbocycles. The van der Waals surface area contributed by atoms with E-state index in [4.69, 9.17) is 10.8 Å². The molecule has 1 amide bonds. The van der Waals surface area contributed by atoms with Crippen molar-refractivity contribution in [3.05, 3.63) is 81.0 Å². The Labute approximate surface area is 200 Å². The third-order valence-corrected chi connectivity index (χ3v) is 6.34. The second-order valence-electron chi connectivity index (χ2n) is 8.08. The average Bonchev–Trinajstić information content (AvgIpc) is 3.43. The molecule has 2 unspecified atom stereocenters. The second kappa shape index (κ2) is 9.57. The van der Waals surface area contributed by atoms with Crippen LogP contribution in [0.1, 0.15) is 47.1 Å². The molecule has 10 nitrogen and oxygen atoms in total. The van der Waals surface area contributed by atoms with E-state index in [1.165, 1.54) is 17.6 Å². The van der Waals surface area contributed by atoms with Crippen LogP contribution in [0.4, 0.5) is 16.4 Å². The topological polar surface area (TPSA) is 147 Å². The normalized spacial score (nSPS) is 16.3. The van der Waals surface area contributed by atoms with E-state index in [9.17, 15) is 14.9 Å². The number of aliphatic imine (C=N–C) groups is 1. The first-order valence-corrected chi connectivity index (χ1v) is 11.4. The number of carbonyl (C=O) groups is 1. The zero-order chi connectivity index (χ0) is 24.4. The van der Waals surface area contributed by atoms with Crippen molar-refractivity contribution < 1.29 is 14.8 Å². The summed E-state index contributed by atoms with van der Waals surface area (Å²) in [5.74, 6) is 0.0898. The van der Waals surface area contributed by atoms with Crippen LogP contribution in [0.5, 0.6) is 0 Å². The third kappa shape index (κ3) is 4.75. The summed E-state index contributed by atoms with van der Waals surface area (Å²) in [5, 5.41) is 24.2. The maximum Gasteiger partial charge on any atom is 0.269 e. The number of hydrogen-bond donors (Lipinski definition) is 3. The van der Waals surface area contributed by atoms with Crippen molar-refractivity contribution in [3.8, 4) is 0 Å². The van der Waals surface area contributed by atoms with Gasteiger partial charge in [0.05, 0.1) is 23.6 Å². The number of rotatable bonds is 7. The molecule has 176 valence electrons. The molecule has 1 aliphatic heterocycles. The minimum atomic E-state index is -0.426. The third-order valence-electron chi connectivity index (χ3n) is 5.63. The highest BCUT2D eigenvalue weighted by molar-refractivity contribution is 7.10. The van der Waals surface area contributed by atoms with E-state index >= 15 is 0 Å². The van der Waals surface area contributed by atoms with Gasteiger partial charge in [-0.15, -0.1) is 0 Å². The summed E-state index contributed by atoms with van der Waals surface area (Å²) in [6, 6.07) is 13.0. The zero-order valence-electron chi connectivity index (χ0n) is 18.6. The molecule has 2 atom stereocenters. The minimum Gasteiger partial charge on any atom is -0.394 e. The fourth-order valence-electron chi connectivity index (χ4n) is 3.80. The lowest BCUT2D eigenvalue weighted by atomic mass is 10.1. The lowest BCUT2D eigenvalue weighted by Crippen LogP contribution is -2.28. The van der Waals surface area contributed by atoms with Crippen molar-refractivity contribution in [2.45, 2.75) is 32.5 Å². The molecule has 0 bridgehead atoms. The average molecular weight is 481 g/mol. The number of aromatic nitrogens is 1. The number of nitrogens with one attached hydrogen (secondary N) is 1. The summed E-state index contributed by atoms with van der Waals surface area (Å²) in [5.41, 5.74) is 9.40. The Morgan fingerprint density at radius 1 is 1.38 bits per heavy atom. The number of aliphatic hydroxyl groups is 1. The molecule has 1 aliphatic rings. The van der Waals surface area contributed by atoms with E-state index in [1.807, 2.05) is 13.0 Å². The molecule has 34 heavy (non-hydrogen) atoms. The first-order valence-electron chi connectivity index (χ1n) is 10.6. The van der Waals surface area contributed by atoms with Crippen molar-refractivity contribution in [1.82, 2.24) is 9.27 Å². The molecule has 4 N–H and O–H groups in total. The quantitative estimate of drug-likeness (QED) is 0.203. The van der Waals surface area contributed by atoms with Crippen molar-refractivity contribution in [3.63, 3.8) is 0 Å². The van der Waals surface area contributed by atoms with Gasteiger partial charge in [0, 0.05) is 36.0 Å². The van der Waals surface area contributed by atoms with Gasteiger partial charge >= 0.3 is 0 Å². The van der Waals surface area contributed by atoms with E-state index in [2.05, 4.69) is 14.7 Å². The van der Waals surface area contributed by atoms with Crippen LogP contribution in [0.25, 0.3) is 0 Å². The maximum atomic E-state index is 13.3. The van der Waals surface area contributed by atoms with Gasteiger partial charge in [-0.3, -0.25) is 19.9 Å². The highest BCUT2D eigenvalue weighted by atomic mass is 32.1. The SMILES string of the molecule is CC(CO)N=C(N)c1cc(Nc2cccc(C(=O)N3Cc4ccc([N+](=O)[O-])cc4C3C)c2)sn1. The summed E-state index contributed by atoms with van der Waals surface area (Å²) in [6.45, 7) is 3.92. The smallest absolute Gasteiger partial charge is 0.269 e. The summed E-state index contributed by atoms with van der Waals surface area (Å²) in [4.78, 5) is 29.9. The highest BCUT2D eigenvalue weighted by Gasteiger charge is 2.32. The number of amidine groups is 1. The molecule has 2 heterocycles. The van der Waals surface area contributed by atoms with Crippen LogP contribution >= 0.6 is 11.5 Å². The number of nitrogens with two attached hydrogens (primary N) is 1. The number of carbonyl (C=O) groups excluding carboxylic acids is 1. The van der Waals surface area contributed by atoms with Gasteiger partial charge in [0.25, 0.3) is 11.6 Å². The number of nitro benzene ring substituents is 1. The van der Waals surface area contributed by atoms with Crippen LogP contribution in [-0.4, -0.2) is 43.7 Å². The maximum absolute atomic E-state index is 13.3. The van der Waals surface area contributed by atoms with E-state index < -0.39 is 4.92 Å². The second-order valence-corrected chi connectivity index (χ2v) is 8.88. The molecule has 11 heteroatoms. The Balaban J connectivity index is 1.49. The Hall–Kier alpha value is -3.83. The van der Waals surface area contributed by atoms with Crippen molar-refractivity contribution in [2.24, 2.45) is 10.7 Å². The molecule has 1 aromatic heterocycles. The van der Waals surface area contributed by atoms with E-state index in [-0.39, 0.29) is 36.1 Å². The number of nitrogens with zero attached hydrogens (tertiary/aromatic N) is 4. The number of fused-ring (bicyclic) bond motifs is 1. The molecule has 0 radical (unpaired) electrons. The summed E-state index contributed by atoms with van der Waals surface area (Å²) in [6.07, 6.45) is 0. The van der Waals surface area contributed by atoms with Gasteiger partial charge in [0.2, 0.25) is 0 Å². The van der Waals surface area contributed by atoms with Gasteiger partial charge in [-0.25, -0.2) is 0 Å². The summed E-state index contributed by atoms with van der Waals surface area (Å²) >= 11 is 1.21. The van der Waals surface area contributed by atoms with Gasteiger partial charge in [-0.05, 0) is 54.7 Å². The Bertz CT molecular complexity index is 1270. The fraction of sp³-hybridized carbons (Fsp3) is 0.261. The van der Waals surface area contributed by atoms with Gasteiger partial charge in [-0.2, -0.15) is 4.37 Å². The predicted molar refractivity (Wildman–Crippen MR) is 130 cm³/mol. The lowest BCUT2D eigenvalue weighted by Gasteiger charge is -2.22. The molecular formula is C23H24N6O4S. The molecule has 0 saturated heterocycles. The molecule has 4 rings (SSSR count). The summed E-state index contributed by atoms with van der Waals surface area (Å²) < 4.78 is 4.29. The van der Waals surface area contributed by atoms with Crippen LogP contribution in [-0.2, 0) is 6.54 Å². The zero-order valence-corrected chi connectivity index (χ0v) is 19.5. The standard InChI is InChI=1S/C23H24N6O4S/c1-13(12-30)25-22(24)20-10-21(34-27-20)26-17-5-3-4-15(8-17)23(31)28-11-16-6-7-18(29(32)33)9-19(16)14(28)2/h3-10,13-14,26,30H,11-12H2,1-2H3,(H2,24,25). The lowest BCUT2D eigenvalue weighted by molar-refractivity contribution is -0.384. The van der Waals surface area contributed by atoms with Crippen molar-refractivity contribution in [2.75, 3.05) is 11.9 Å². The molecule has 0 spiro atoms. The number of non-ortho nitro benzene ring substituents is 1. The molecule has 3 aromatic rings. The number of nitro groups is 1. The number of anilines is 2. The number of aliphatic hydroxyl groups excluding tert-OH is 1. The number of benzene rings is 2. The van der Waals surface area contributed by atoms with Crippen molar-refractivity contribution in [1.29, 1.82) is 0 Å². The molecule has 2 aromatic carbocycles. The van der Waals surface area contributed by atoms with E-state index in [0.717, 1.165) is 16.1 Å². The largest absolute Gasteiger partial charge is 0.394 e. The van der Waals surface area contributed by atoms with Crippen LogP contribution in [0.15, 0.2) is 53.5 Å². The first-order chi connectivity index (χ1) is 16.3. The van der Waals surface area contributed by atoms with Gasteiger partial charge < -0.3 is 21.1 Å². The van der Waals surface area contributed by atoms with E-state index in [1.54, 1.807) is 48.2 Å². The first kappa shape index (κ1) is 23.3. The molecule has 0 aliphatic carbocycles. The Kier molecular flexibility index (Phi) is 6.57. The monoisotopic (exact) mass is 480 g/mol. The van der Waals surface area contributed by atoms with Gasteiger partial charge in [0.1, 0.15) is 16.5 Å². The molecular weight excluding hydrogens is 456 g/mol. The van der Waals surface area contributed by atoms with Gasteiger partial charge in [0.15, 0.2) is 0 Å². The Morgan fingerprint density at radius 2 is 2.18 bits per heavy atom. The van der Waals surface area contributed by atoms with Gasteiger partial charge in [-0.1, -0.05) is 12.1 Å². The van der Waals surface area contributed by atoms with Crippen LogP contribution in [0, 0.1) is 10.1 Å². The molecule has 0 fully saturated rings. The summed E-state index contributed by atoms with van der Waals surface area (Å²) in [7, 11) is 0. The van der Waals surface area contributed by atoms with Crippen LogP contribution in [0.2, 0.25) is 0 Å². The van der Waals surface area contributed by atoms with Crippen LogP contribution in [0.3, 0.4) is 0 Å². The van der Waals surface area contributed by atoms with E-state index in [0.29, 0.717) is 23.5 Å². The number of hydrogen-bond acceptors (Lipinski definition) is 8. The van der Waals surface area contributed by atoms with Crippen molar-refractivity contribution >= 4 is 39.7 Å². The Morgan fingerprint density at radius 3 is 2.91 bits per heavy atom. The predicted octanol–water partition coefficient (Wildman–Crippen LogP) is 3.60.